The van der Waals surface area contributed by atoms with Crippen molar-refractivity contribution in [3.05, 3.63) is 48.6 Å². The molecule has 0 saturated carbocycles. The van der Waals surface area contributed by atoms with Crippen LogP contribution in [0.4, 0.5) is 0 Å². The normalized spacial score (nSPS) is 15.0. The summed E-state index contributed by atoms with van der Waals surface area (Å²) in [5.41, 5.74) is 1.40. The lowest BCUT2D eigenvalue weighted by Gasteiger charge is -2.40. The maximum Gasteiger partial charge on any atom is 0.192 e. The van der Waals surface area contributed by atoms with Crippen molar-refractivity contribution in [2.24, 2.45) is 0 Å². The van der Waals surface area contributed by atoms with Crippen LogP contribution in [0.2, 0.25) is 18.1 Å². The van der Waals surface area contributed by atoms with E-state index >= 15 is 0 Å². The Labute approximate surface area is 156 Å². The fourth-order valence-electron chi connectivity index (χ4n) is 2.76. The lowest BCUT2D eigenvalue weighted by molar-refractivity contribution is 0.0817. The third-order valence-electron chi connectivity index (χ3n) is 5.33. The first-order chi connectivity index (χ1) is 11.7. The Balaban J connectivity index is 2.56. The molecule has 0 spiro atoms. The maximum atomic E-state index is 10.2. The van der Waals surface area contributed by atoms with Crippen molar-refractivity contribution in [3.63, 3.8) is 0 Å². The minimum atomic E-state index is -1.82. The number of benzene rings is 1. The highest BCUT2D eigenvalue weighted by atomic mass is 28.4. The molecule has 0 amide bonds. The molecular weight excluding hydrogens is 324 g/mol. The van der Waals surface area contributed by atoms with Crippen LogP contribution in [0.15, 0.2) is 43.0 Å². The van der Waals surface area contributed by atoms with Crippen LogP contribution in [0.5, 0.6) is 0 Å². The van der Waals surface area contributed by atoms with Gasteiger partial charge in [0.15, 0.2) is 8.32 Å². The molecule has 3 heteroatoms. The van der Waals surface area contributed by atoms with Gasteiger partial charge in [0.2, 0.25) is 0 Å². The van der Waals surface area contributed by atoms with Crippen molar-refractivity contribution in [2.75, 3.05) is 0 Å². The minimum absolute atomic E-state index is 0.145. The van der Waals surface area contributed by atoms with E-state index in [2.05, 4.69) is 70.8 Å². The van der Waals surface area contributed by atoms with Crippen molar-refractivity contribution in [3.8, 4) is 0 Å². The van der Waals surface area contributed by atoms with Crippen LogP contribution in [0.25, 0.3) is 0 Å². The molecule has 1 aromatic rings. The Hall–Kier alpha value is -0.903. The molecule has 0 heterocycles. The van der Waals surface area contributed by atoms with E-state index in [-0.39, 0.29) is 17.2 Å². The van der Waals surface area contributed by atoms with E-state index in [1.165, 1.54) is 12.0 Å². The number of aryl methyl sites for hydroxylation is 1. The summed E-state index contributed by atoms with van der Waals surface area (Å²) in [5, 5.41) is 10.4. The predicted octanol–water partition coefficient (Wildman–Crippen LogP) is 6.12. The van der Waals surface area contributed by atoms with Gasteiger partial charge in [-0.3, -0.25) is 0 Å². The van der Waals surface area contributed by atoms with Gasteiger partial charge in [-0.1, -0.05) is 63.6 Å². The summed E-state index contributed by atoms with van der Waals surface area (Å²) in [4.78, 5) is 0. The van der Waals surface area contributed by atoms with Gasteiger partial charge in [0.25, 0.3) is 0 Å². The van der Waals surface area contributed by atoms with Crippen molar-refractivity contribution in [1.29, 1.82) is 0 Å². The molecule has 1 N–H and O–H groups in total. The zero-order valence-electron chi connectivity index (χ0n) is 16.9. The molecule has 1 aromatic carbocycles. The second-order valence-corrected chi connectivity index (χ2v) is 13.4. The molecule has 0 aliphatic heterocycles. The van der Waals surface area contributed by atoms with Crippen molar-refractivity contribution in [1.82, 2.24) is 0 Å². The number of hydrogen-bond donors (Lipinski definition) is 1. The molecule has 0 fully saturated rings. The van der Waals surface area contributed by atoms with Gasteiger partial charge in [0.1, 0.15) is 0 Å². The van der Waals surface area contributed by atoms with Crippen LogP contribution in [-0.4, -0.2) is 25.6 Å². The van der Waals surface area contributed by atoms with Gasteiger partial charge in [-0.15, -0.1) is 6.58 Å². The number of hydrogen-bond acceptors (Lipinski definition) is 2. The van der Waals surface area contributed by atoms with Gasteiger partial charge in [-0.2, -0.15) is 0 Å². The van der Waals surface area contributed by atoms with Gasteiger partial charge < -0.3 is 9.53 Å². The molecular formula is C22H38O2Si. The van der Waals surface area contributed by atoms with E-state index in [1.807, 2.05) is 0 Å². The van der Waals surface area contributed by atoms with Crippen LogP contribution in [0, 0.1) is 0 Å². The Kier molecular flexibility index (Phi) is 9.12. The Morgan fingerprint density at radius 1 is 1.16 bits per heavy atom. The molecule has 2 nitrogen and oxygen atoms in total. The topological polar surface area (TPSA) is 29.5 Å². The van der Waals surface area contributed by atoms with Crippen molar-refractivity contribution < 1.29 is 9.53 Å². The number of unbranched alkanes of at least 4 members (excludes halogenated alkanes) is 1. The third-order valence-corrected chi connectivity index (χ3v) is 9.86. The predicted molar refractivity (Wildman–Crippen MR) is 112 cm³/mol. The van der Waals surface area contributed by atoms with E-state index in [0.29, 0.717) is 12.8 Å². The summed E-state index contributed by atoms with van der Waals surface area (Å²) in [6.07, 6.45) is 7.38. The van der Waals surface area contributed by atoms with Crippen molar-refractivity contribution in [2.45, 2.75) is 89.6 Å². The van der Waals surface area contributed by atoms with Crippen LogP contribution >= 0.6 is 0 Å². The summed E-state index contributed by atoms with van der Waals surface area (Å²) in [5.74, 6) is 0. The van der Waals surface area contributed by atoms with E-state index in [1.54, 1.807) is 6.08 Å². The quantitative estimate of drug-likeness (QED) is 0.292. The molecule has 25 heavy (non-hydrogen) atoms. The lowest BCUT2D eigenvalue weighted by atomic mass is 10.0. The molecule has 0 radical (unpaired) electrons. The van der Waals surface area contributed by atoms with Gasteiger partial charge in [0.05, 0.1) is 6.10 Å². The second-order valence-electron chi connectivity index (χ2n) is 8.65. The van der Waals surface area contributed by atoms with Crippen LogP contribution in [0.3, 0.4) is 0 Å². The highest BCUT2D eigenvalue weighted by molar-refractivity contribution is 6.74. The molecule has 0 aliphatic rings. The minimum Gasteiger partial charge on any atom is -0.414 e. The Morgan fingerprint density at radius 2 is 1.80 bits per heavy atom. The van der Waals surface area contributed by atoms with Crippen LogP contribution < -0.4 is 0 Å². The first-order valence-electron chi connectivity index (χ1n) is 9.66. The molecule has 0 unspecified atom stereocenters. The summed E-state index contributed by atoms with van der Waals surface area (Å²) >= 11 is 0. The zero-order chi connectivity index (χ0) is 18.9. The van der Waals surface area contributed by atoms with E-state index in [0.717, 1.165) is 19.3 Å². The fourth-order valence-corrected chi connectivity index (χ4v) is 4.16. The number of aliphatic hydroxyl groups is 1. The van der Waals surface area contributed by atoms with Crippen LogP contribution in [0.1, 0.15) is 58.4 Å². The number of aliphatic hydroxyl groups excluding tert-OH is 1. The molecule has 2 atom stereocenters. The van der Waals surface area contributed by atoms with Gasteiger partial charge >= 0.3 is 0 Å². The Bertz CT molecular complexity index is 490. The molecule has 0 saturated heterocycles. The summed E-state index contributed by atoms with van der Waals surface area (Å²) < 4.78 is 6.62. The standard InChI is InChI=1S/C22H38O2Si/c1-7-13-20(23)18-21(24-25(5,6)22(2,3)4)17-12-11-16-19-14-9-8-10-15-19/h7-10,14-15,20-21,23H,1,11-13,16-18H2,2-6H3/t20-,21-/m1/s1. The monoisotopic (exact) mass is 362 g/mol. The highest BCUT2D eigenvalue weighted by Crippen LogP contribution is 2.38. The van der Waals surface area contributed by atoms with E-state index < -0.39 is 8.32 Å². The van der Waals surface area contributed by atoms with E-state index in [4.69, 9.17) is 4.43 Å². The smallest absolute Gasteiger partial charge is 0.192 e. The molecule has 0 aliphatic carbocycles. The zero-order valence-corrected chi connectivity index (χ0v) is 17.9. The van der Waals surface area contributed by atoms with Crippen molar-refractivity contribution >= 4 is 8.32 Å². The summed E-state index contributed by atoms with van der Waals surface area (Å²) in [6.45, 7) is 15.1. The molecule has 0 aromatic heterocycles. The third kappa shape index (κ3) is 8.35. The summed E-state index contributed by atoms with van der Waals surface area (Å²) in [6, 6.07) is 10.6. The SMILES string of the molecule is C=CC[C@@H](O)C[C@@H](CCCCc1ccccc1)O[Si](C)(C)C(C)(C)C. The highest BCUT2D eigenvalue weighted by Gasteiger charge is 2.39. The molecule has 0 bridgehead atoms. The summed E-state index contributed by atoms with van der Waals surface area (Å²) in [7, 11) is -1.82. The van der Waals surface area contributed by atoms with Gasteiger partial charge in [-0.25, -0.2) is 0 Å². The average Bonchev–Trinajstić information content (AvgIpc) is 2.51. The second kappa shape index (κ2) is 10.3. The van der Waals surface area contributed by atoms with Gasteiger partial charge in [-0.05, 0) is 55.8 Å². The van der Waals surface area contributed by atoms with Crippen LogP contribution in [-0.2, 0) is 10.8 Å². The Morgan fingerprint density at radius 3 is 2.36 bits per heavy atom. The van der Waals surface area contributed by atoms with Gasteiger partial charge in [0, 0.05) is 6.10 Å². The largest absolute Gasteiger partial charge is 0.414 e. The van der Waals surface area contributed by atoms with E-state index in [9.17, 15) is 5.11 Å². The molecule has 1 rings (SSSR count). The average molecular weight is 363 g/mol. The molecule has 142 valence electrons. The first-order valence-corrected chi connectivity index (χ1v) is 12.6. The first kappa shape index (κ1) is 22.1. The number of rotatable bonds is 11. The maximum absolute atomic E-state index is 10.2. The fraction of sp³-hybridized carbons (Fsp3) is 0.636. The lowest BCUT2D eigenvalue weighted by Crippen LogP contribution is -2.44.